The quantitative estimate of drug-likeness (QED) is 0.766. The average Bonchev–Trinajstić information content (AvgIpc) is 2.63. The summed E-state index contributed by atoms with van der Waals surface area (Å²) >= 11 is 4.99. The lowest BCUT2D eigenvalue weighted by Gasteiger charge is -2.18. The van der Waals surface area contributed by atoms with Crippen molar-refractivity contribution in [3.05, 3.63) is 29.8 Å². The average molecular weight is 246 g/mol. The molecule has 2 nitrogen and oxygen atoms in total. The van der Waals surface area contributed by atoms with Crippen LogP contribution in [0.4, 0.5) is 18.9 Å². The second kappa shape index (κ2) is 3.93. The van der Waals surface area contributed by atoms with Gasteiger partial charge in [0.2, 0.25) is 0 Å². The number of anilines is 1. The van der Waals surface area contributed by atoms with Gasteiger partial charge in [0, 0.05) is 18.8 Å². The molecule has 0 unspecified atom stereocenters. The molecule has 0 bridgehead atoms. The third-order valence-corrected chi connectivity index (χ3v) is 2.71. The van der Waals surface area contributed by atoms with Crippen molar-refractivity contribution in [3.8, 4) is 0 Å². The molecule has 1 N–H and O–H groups in total. The van der Waals surface area contributed by atoms with E-state index in [-0.39, 0.29) is 0 Å². The number of hydrogen-bond acceptors (Lipinski definition) is 1. The van der Waals surface area contributed by atoms with E-state index in [1.165, 1.54) is 6.07 Å². The van der Waals surface area contributed by atoms with Crippen LogP contribution < -0.4 is 10.2 Å². The van der Waals surface area contributed by atoms with E-state index >= 15 is 0 Å². The molecule has 0 saturated carbocycles. The van der Waals surface area contributed by atoms with Crippen molar-refractivity contribution in [1.82, 2.24) is 5.32 Å². The molecule has 1 heterocycles. The van der Waals surface area contributed by atoms with Crippen LogP contribution in [0.5, 0.6) is 0 Å². The number of halogens is 3. The van der Waals surface area contributed by atoms with E-state index in [1.807, 2.05) is 0 Å². The molecule has 1 aliphatic heterocycles. The summed E-state index contributed by atoms with van der Waals surface area (Å²) in [6.45, 7) is 1.26. The first-order valence-corrected chi connectivity index (χ1v) is 5.12. The summed E-state index contributed by atoms with van der Waals surface area (Å²) in [6, 6.07) is 5.17. The zero-order chi connectivity index (χ0) is 11.8. The summed E-state index contributed by atoms with van der Waals surface area (Å²) in [6.07, 6.45) is -4.31. The number of hydrogen-bond donors (Lipinski definition) is 1. The van der Waals surface area contributed by atoms with Crippen molar-refractivity contribution in [1.29, 1.82) is 0 Å². The van der Waals surface area contributed by atoms with Gasteiger partial charge in [0.05, 0.1) is 5.56 Å². The number of rotatable bonds is 1. The molecule has 6 heteroatoms. The van der Waals surface area contributed by atoms with Gasteiger partial charge in [0.15, 0.2) is 5.11 Å². The first-order valence-electron chi connectivity index (χ1n) is 4.71. The van der Waals surface area contributed by atoms with Gasteiger partial charge in [-0.15, -0.1) is 0 Å². The minimum Gasteiger partial charge on any atom is -0.360 e. The molecule has 1 aromatic rings. The summed E-state index contributed by atoms with van der Waals surface area (Å²) in [5, 5.41) is 3.37. The lowest BCUT2D eigenvalue weighted by molar-refractivity contribution is -0.137. The fourth-order valence-electron chi connectivity index (χ4n) is 1.57. The van der Waals surface area contributed by atoms with Crippen molar-refractivity contribution >= 4 is 23.0 Å². The van der Waals surface area contributed by atoms with Crippen LogP contribution >= 0.6 is 12.2 Å². The second-order valence-electron chi connectivity index (χ2n) is 3.43. The van der Waals surface area contributed by atoms with Crippen molar-refractivity contribution < 1.29 is 13.2 Å². The minimum atomic E-state index is -4.31. The Morgan fingerprint density at radius 1 is 1.31 bits per heavy atom. The Hall–Kier alpha value is -1.30. The van der Waals surface area contributed by atoms with Crippen LogP contribution in [-0.2, 0) is 6.18 Å². The Morgan fingerprint density at radius 3 is 2.62 bits per heavy atom. The highest BCUT2D eigenvalue weighted by molar-refractivity contribution is 7.80. The van der Waals surface area contributed by atoms with Crippen LogP contribution in [0.3, 0.4) is 0 Å². The van der Waals surface area contributed by atoms with Gasteiger partial charge in [0.1, 0.15) is 0 Å². The van der Waals surface area contributed by atoms with E-state index in [9.17, 15) is 13.2 Å². The molecule has 1 aliphatic rings. The summed E-state index contributed by atoms with van der Waals surface area (Å²) in [7, 11) is 0. The van der Waals surface area contributed by atoms with Crippen LogP contribution in [0.15, 0.2) is 24.3 Å². The molecule has 86 valence electrons. The molecule has 2 rings (SSSR count). The van der Waals surface area contributed by atoms with E-state index in [0.29, 0.717) is 23.9 Å². The highest BCUT2D eigenvalue weighted by Gasteiger charge is 2.31. The minimum absolute atomic E-state index is 0.472. The Balaban J connectivity index is 2.32. The number of thiocarbonyl (C=S) groups is 1. The molecular weight excluding hydrogens is 237 g/mol. The van der Waals surface area contributed by atoms with Gasteiger partial charge in [-0.1, -0.05) is 6.07 Å². The van der Waals surface area contributed by atoms with Crippen LogP contribution in [0, 0.1) is 0 Å². The number of alkyl halides is 3. The third kappa shape index (κ3) is 2.11. The van der Waals surface area contributed by atoms with E-state index in [1.54, 1.807) is 11.0 Å². The van der Waals surface area contributed by atoms with Gasteiger partial charge in [-0.25, -0.2) is 0 Å². The van der Waals surface area contributed by atoms with E-state index in [4.69, 9.17) is 12.2 Å². The molecule has 1 fully saturated rings. The van der Waals surface area contributed by atoms with Crippen molar-refractivity contribution in [2.24, 2.45) is 0 Å². The van der Waals surface area contributed by atoms with Gasteiger partial charge in [0.25, 0.3) is 0 Å². The van der Waals surface area contributed by atoms with E-state index in [0.717, 1.165) is 12.1 Å². The van der Waals surface area contributed by atoms with Crippen LogP contribution in [0.25, 0.3) is 0 Å². The molecule has 0 aliphatic carbocycles. The van der Waals surface area contributed by atoms with E-state index in [2.05, 4.69) is 5.32 Å². The fraction of sp³-hybridized carbons (Fsp3) is 0.300. The van der Waals surface area contributed by atoms with E-state index < -0.39 is 11.7 Å². The van der Waals surface area contributed by atoms with Gasteiger partial charge >= 0.3 is 6.18 Å². The van der Waals surface area contributed by atoms with Gasteiger partial charge in [-0.2, -0.15) is 13.2 Å². The lowest BCUT2D eigenvalue weighted by atomic mass is 10.2. The maximum Gasteiger partial charge on any atom is 0.416 e. The highest BCUT2D eigenvalue weighted by Crippen LogP contribution is 2.31. The molecule has 0 spiro atoms. The third-order valence-electron chi connectivity index (χ3n) is 2.34. The molecule has 0 atom stereocenters. The number of nitrogens with zero attached hydrogens (tertiary/aromatic N) is 1. The first kappa shape index (κ1) is 11.2. The smallest absolute Gasteiger partial charge is 0.360 e. The highest BCUT2D eigenvalue weighted by atomic mass is 32.1. The SMILES string of the molecule is FC(F)(F)c1cccc(N2CCNC2=S)c1. The Kier molecular flexibility index (Phi) is 2.75. The van der Waals surface area contributed by atoms with Gasteiger partial charge < -0.3 is 10.2 Å². The second-order valence-corrected chi connectivity index (χ2v) is 3.82. The van der Waals surface area contributed by atoms with Crippen LogP contribution in [0.1, 0.15) is 5.56 Å². The van der Waals surface area contributed by atoms with Crippen LogP contribution in [0.2, 0.25) is 0 Å². The summed E-state index contributed by atoms with van der Waals surface area (Å²) < 4.78 is 37.5. The largest absolute Gasteiger partial charge is 0.416 e. The predicted molar refractivity (Wildman–Crippen MR) is 59.4 cm³/mol. The molecule has 0 radical (unpaired) electrons. The monoisotopic (exact) mass is 246 g/mol. The summed E-state index contributed by atoms with van der Waals surface area (Å²) in [4.78, 5) is 1.66. The normalized spacial score (nSPS) is 16.4. The van der Waals surface area contributed by atoms with Gasteiger partial charge in [-0.3, -0.25) is 0 Å². The fourth-order valence-corrected chi connectivity index (χ4v) is 1.87. The Morgan fingerprint density at radius 2 is 2.06 bits per heavy atom. The first-order chi connectivity index (χ1) is 7.48. The van der Waals surface area contributed by atoms with Crippen LogP contribution in [-0.4, -0.2) is 18.2 Å². The van der Waals surface area contributed by atoms with Crippen molar-refractivity contribution in [2.75, 3.05) is 18.0 Å². The topological polar surface area (TPSA) is 15.3 Å². The molecular formula is C10H9F3N2S. The zero-order valence-electron chi connectivity index (χ0n) is 8.21. The van der Waals surface area contributed by atoms with Crippen molar-refractivity contribution in [2.45, 2.75) is 6.18 Å². The standard InChI is InChI=1S/C10H9F3N2S/c11-10(12,13)7-2-1-3-8(6-7)15-5-4-14-9(15)16/h1-3,6H,4-5H2,(H,14,16). The predicted octanol–water partition coefficient (Wildman–Crippen LogP) is 2.40. The maximum atomic E-state index is 12.5. The molecule has 0 aromatic heterocycles. The van der Waals surface area contributed by atoms with Crippen molar-refractivity contribution in [3.63, 3.8) is 0 Å². The zero-order valence-corrected chi connectivity index (χ0v) is 9.03. The Bertz CT molecular complexity index is 417. The Labute approximate surface area is 96.1 Å². The molecule has 1 saturated heterocycles. The molecule has 16 heavy (non-hydrogen) atoms. The number of nitrogens with one attached hydrogen (secondary N) is 1. The number of benzene rings is 1. The summed E-state index contributed by atoms with van der Waals surface area (Å²) in [5.74, 6) is 0. The lowest BCUT2D eigenvalue weighted by Crippen LogP contribution is -2.27. The summed E-state index contributed by atoms with van der Waals surface area (Å²) in [5.41, 5.74) is -0.176. The van der Waals surface area contributed by atoms with Gasteiger partial charge in [-0.05, 0) is 30.4 Å². The maximum absolute atomic E-state index is 12.5. The molecule has 1 aromatic carbocycles. The molecule has 0 amide bonds.